The maximum absolute atomic E-state index is 11.8. The number of rotatable bonds is 5. The average molecular weight is 279 g/mol. The first-order chi connectivity index (χ1) is 9.61. The van der Waals surface area contributed by atoms with Gasteiger partial charge in [0.05, 0.1) is 18.9 Å². The van der Waals surface area contributed by atoms with Crippen molar-refractivity contribution in [2.45, 2.75) is 37.3 Å². The minimum absolute atomic E-state index is 0.0259. The van der Waals surface area contributed by atoms with Crippen LogP contribution in [0.5, 0.6) is 5.75 Å². The standard InChI is InChI=1S/C15H21NO4/c1-19-11-6-5-9-15(10-11,14(17)18)16-12-7-3-4-8-13(12)20-2/h3-4,7-8,11,16H,5-6,9-10H2,1-2H3,(H,17,18). The Morgan fingerprint density at radius 1 is 1.40 bits per heavy atom. The molecule has 1 aliphatic carbocycles. The molecule has 1 saturated carbocycles. The van der Waals surface area contributed by atoms with Crippen molar-refractivity contribution in [1.29, 1.82) is 0 Å². The molecule has 1 fully saturated rings. The maximum atomic E-state index is 11.8. The molecule has 2 unspecified atom stereocenters. The predicted molar refractivity (Wildman–Crippen MR) is 76.2 cm³/mol. The van der Waals surface area contributed by atoms with Crippen molar-refractivity contribution in [2.24, 2.45) is 0 Å². The second kappa shape index (κ2) is 6.13. The van der Waals surface area contributed by atoms with E-state index in [0.29, 0.717) is 24.3 Å². The lowest BCUT2D eigenvalue weighted by Gasteiger charge is -2.38. The van der Waals surface area contributed by atoms with E-state index in [-0.39, 0.29) is 6.10 Å². The van der Waals surface area contributed by atoms with Crippen LogP contribution in [-0.2, 0) is 9.53 Å². The molecule has 1 aromatic carbocycles. The highest BCUT2D eigenvalue weighted by molar-refractivity contribution is 5.83. The quantitative estimate of drug-likeness (QED) is 0.867. The van der Waals surface area contributed by atoms with Gasteiger partial charge >= 0.3 is 5.97 Å². The number of aliphatic carboxylic acids is 1. The van der Waals surface area contributed by atoms with Gasteiger partial charge < -0.3 is 19.9 Å². The van der Waals surface area contributed by atoms with Gasteiger partial charge in [-0.3, -0.25) is 0 Å². The Kier molecular flexibility index (Phi) is 4.49. The molecule has 5 nitrogen and oxygen atoms in total. The zero-order valence-electron chi connectivity index (χ0n) is 11.9. The number of hydrogen-bond donors (Lipinski definition) is 2. The number of carboxylic acids is 1. The van der Waals surface area contributed by atoms with Crippen LogP contribution in [0.3, 0.4) is 0 Å². The summed E-state index contributed by atoms with van der Waals surface area (Å²) in [6, 6.07) is 7.36. The lowest BCUT2D eigenvalue weighted by atomic mass is 9.79. The van der Waals surface area contributed by atoms with Crippen molar-refractivity contribution in [3.05, 3.63) is 24.3 Å². The molecule has 0 spiro atoms. The van der Waals surface area contributed by atoms with Gasteiger partial charge in [0.2, 0.25) is 0 Å². The van der Waals surface area contributed by atoms with E-state index < -0.39 is 11.5 Å². The van der Waals surface area contributed by atoms with Crippen LogP contribution in [0.25, 0.3) is 0 Å². The molecule has 1 aliphatic rings. The fourth-order valence-electron chi connectivity index (χ4n) is 2.79. The van der Waals surface area contributed by atoms with Crippen LogP contribution >= 0.6 is 0 Å². The van der Waals surface area contributed by atoms with Crippen molar-refractivity contribution in [2.75, 3.05) is 19.5 Å². The van der Waals surface area contributed by atoms with Crippen molar-refractivity contribution < 1.29 is 19.4 Å². The van der Waals surface area contributed by atoms with Gasteiger partial charge in [-0.2, -0.15) is 0 Å². The highest BCUT2D eigenvalue weighted by Crippen LogP contribution is 2.36. The number of ether oxygens (including phenoxy) is 2. The summed E-state index contributed by atoms with van der Waals surface area (Å²) in [5.74, 6) is -0.196. The fourth-order valence-corrected chi connectivity index (χ4v) is 2.79. The Morgan fingerprint density at radius 3 is 2.80 bits per heavy atom. The maximum Gasteiger partial charge on any atom is 0.329 e. The lowest BCUT2D eigenvalue weighted by Crippen LogP contribution is -2.51. The Balaban J connectivity index is 2.27. The summed E-state index contributed by atoms with van der Waals surface area (Å²) in [5.41, 5.74) is -0.290. The van der Waals surface area contributed by atoms with Gasteiger partial charge in [-0.15, -0.1) is 0 Å². The summed E-state index contributed by atoms with van der Waals surface area (Å²) in [5, 5.41) is 12.8. The molecular formula is C15H21NO4. The Bertz CT molecular complexity index is 477. The number of nitrogens with one attached hydrogen (secondary N) is 1. The van der Waals surface area contributed by atoms with E-state index in [0.717, 1.165) is 12.8 Å². The molecule has 0 aromatic heterocycles. The average Bonchev–Trinajstić information content (AvgIpc) is 2.48. The summed E-state index contributed by atoms with van der Waals surface area (Å²) in [6.45, 7) is 0. The van der Waals surface area contributed by atoms with Crippen LogP contribution in [0.15, 0.2) is 24.3 Å². The van der Waals surface area contributed by atoms with Crippen LogP contribution in [0.1, 0.15) is 25.7 Å². The van der Waals surface area contributed by atoms with E-state index in [4.69, 9.17) is 9.47 Å². The Labute approximate surface area is 118 Å². The molecule has 0 aliphatic heterocycles. The highest BCUT2D eigenvalue weighted by atomic mass is 16.5. The summed E-state index contributed by atoms with van der Waals surface area (Å²) in [6.07, 6.45) is 2.74. The Morgan fingerprint density at radius 2 is 2.15 bits per heavy atom. The van der Waals surface area contributed by atoms with E-state index in [9.17, 15) is 9.90 Å². The lowest BCUT2D eigenvalue weighted by molar-refractivity contribution is -0.145. The third kappa shape index (κ3) is 2.88. The summed E-state index contributed by atoms with van der Waals surface area (Å²) >= 11 is 0. The van der Waals surface area contributed by atoms with E-state index in [1.165, 1.54) is 0 Å². The van der Waals surface area contributed by atoms with E-state index in [1.807, 2.05) is 24.3 Å². The van der Waals surface area contributed by atoms with E-state index >= 15 is 0 Å². The van der Waals surface area contributed by atoms with E-state index in [2.05, 4.69) is 5.32 Å². The fraction of sp³-hybridized carbons (Fsp3) is 0.533. The molecule has 110 valence electrons. The van der Waals surface area contributed by atoms with Gasteiger partial charge in [0.25, 0.3) is 0 Å². The van der Waals surface area contributed by atoms with Gasteiger partial charge in [-0.1, -0.05) is 12.1 Å². The number of carboxylic acid groups (broad SMARTS) is 1. The zero-order valence-corrected chi connectivity index (χ0v) is 11.9. The molecular weight excluding hydrogens is 258 g/mol. The third-order valence-corrected chi connectivity index (χ3v) is 3.93. The largest absolute Gasteiger partial charge is 0.495 e. The number of para-hydroxylation sites is 2. The predicted octanol–water partition coefficient (Wildman–Crippen LogP) is 2.52. The molecule has 2 atom stereocenters. The normalized spacial score (nSPS) is 26.0. The van der Waals surface area contributed by atoms with Gasteiger partial charge in [0, 0.05) is 13.5 Å². The molecule has 2 rings (SSSR count). The molecule has 5 heteroatoms. The van der Waals surface area contributed by atoms with Gasteiger partial charge in [-0.05, 0) is 31.4 Å². The van der Waals surface area contributed by atoms with Crippen LogP contribution in [-0.4, -0.2) is 36.9 Å². The zero-order chi connectivity index (χ0) is 14.6. The molecule has 0 saturated heterocycles. The minimum Gasteiger partial charge on any atom is -0.495 e. The first-order valence-electron chi connectivity index (χ1n) is 6.79. The Hall–Kier alpha value is -1.75. The molecule has 0 radical (unpaired) electrons. The SMILES string of the molecule is COc1ccccc1NC1(C(=O)O)CCCC(OC)C1. The molecule has 0 heterocycles. The number of carbonyl (C=O) groups is 1. The number of anilines is 1. The summed E-state index contributed by atoms with van der Waals surface area (Å²) in [7, 11) is 3.21. The number of hydrogen-bond acceptors (Lipinski definition) is 4. The van der Waals surface area contributed by atoms with Gasteiger partial charge in [-0.25, -0.2) is 4.79 Å². The molecule has 0 amide bonds. The number of benzene rings is 1. The monoisotopic (exact) mass is 279 g/mol. The second-order valence-electron chi connectivity index (χ2n) is 5.17. The van der Waals surface area contributed by atoms with Crippen molar-refractivity contribution in [3.8, 4) is 5.75 Å². The van der Waals surface area contributed by atoms with E-state index in [1.54, 1.807) is 14.2 Å². The summed E-state index contributed by atoms with van der Waals surface area (Å²) < 4.78 is 10.6. The smallest absolute Gasteiger partial charge is 0.329 e. The van der Waals surface area contributed by atoms with Crippen molar-refractivity contribution in [1.82, 2.24) is 0 Å². The summed E-state index contributed by atoms with van der Waals surface area (Å²) in [4.78, 5) is 11.8. The molecule has 2 N–H and O–H groups in total. The highest BCUT2D eigenvalue weighted by Gasteiger charge is 2.43. The minimum atomic E-state index is -0.992. The van der Waals surface area contributed by atoms with Crippen LogP contribution in [0, 0.1) is 0 Å². The van der Waals surface area contributed by atoms with Crippen molar-refractivity contribution >= 4 is 11.7 Å². The van der Waals surface area contributed by atoms with Crippen LogP contribution in [0.2, 0.25) is 0 Å². The molecule has 20 heavy (non-hydrogen) atoms. The first-order valence-corrected chi connectivity index (χ1v) is 6.79. The first kappa shape index (κ1) is 14.7. The second-order valence-corrected chi connectivity index (χ2v) is 5.17. The molecule has 0 bridgehead atoms. The van der Waals surface area contributed by atoms with Crippen molar-refractivity contribution in [3.63, 3.8) is 0 Å². The topological polar surface area (TPSA) is 67.8 Å². The third-order valence-electron chi connectivity index (χ3n) is 3.93. The molecule has 1 aromatic rings. The van der Waals surface area contributed by atoms with Crippen LogP contribution in [0.4, 0.5) is 5.69 Å². The number of methoxy groups -OCH3 is 2. The van der Waals surface area contributed by atoms with Gasteiger partial charge in [0.15, 0.2) is 0 Å². The van der Waals surface area contributed by atoms with Gasteiger partial charge in [0.1, 0.15) is 11.3 Å². The van der Waals surface area contributed by atoms with Crippen LogP contribution < -0.4 is 10.1 Å².